The van der Waals surface area contributed by atoms with Crippen molar-refractivity contribution < 1.29 is 14.0 Å². The number of carbonyl (C=O) groups is 1. The quantitative estimate of drug-likeness (QED) is 0.0683. The van der Waals surface area contributed by atoms with Crippen molar-refractivity contribution in [2.45, 2.75) is 111 Å². The molecule has 0 heterocycles. The molecule has 0 bridgehead atoms. The van der Waals surface area contributed by atoms with Crippen molar-refractivity contribution in [3.63, 3.8) is 0 Å². The molecule has 0 radical (unpaired) electrons. The molecule has 0 fully saturated rings. The Labute approximate surface area is 213 Å². The SMILES string of the molecule is CCOC(=O)/C=C\CC/C(C)=C/CC/C(C)=C/CCC(C)(/C=C/I)O[Si](C)(C)C(C)(C)C. The highest BCUT2D eigenvalue weighted by atomic mass is 127. The molecular formula is C27H47IO3Si. The van der Waals surface area contributed by atoms with Crippen molar-refractivity contribution in [3.8, 4) is 0 Å². The van der Waals surface area contributed by atoms with Crippen molar-refractivity contribution >= 4 is 36.9 Å². The van der Waals surface area contributed by atoms with Gasteiger partial charge in [0.25, 0.3) is 0 Å². The van der Waals surface area contributed by atoms with Crippen LogP contribution in [0.25, 0.3) is 0 Å². The van der Waals surface area contributed by atoms with Crippen LogP contribution in [-0.2, 0) is 14.0 Å². The molecule has 0 aliphatic heterocycles. The van der Waals surface area contributed by atoms with Gasteiger partial charge in [0.2, 0.25) is 0 Å². The van der Waals surface area contributed by atoms with Crippen LogP contribution in [0.1, 0.15) is 87.0 Å². The first kappa shape index (κ1) is 31.3. The summed E-state index contributed by atoms with van der Waals surface area (Å²) in [5.74, 6) is -0.255. The molecular weight excluding hydrogens is 527 g/mol. The summed E-state index contributed by atoms with van der Waals surface area (Å²) in [5, 5.41) is 0.206. The highest BCUT2D eigenvalue weighted by Crippen LogP contribution is 2.40. The Morgan fingerprint density at radius 3 is 2.06 bits per heavy atom. The molecule has 1 atom stereocenters. The number of hydrogen-bond donors (Lipinski definition) is 0. The van der Waals surface area contributed by atoms with Crippen LogP contribution in [0.15, 0.2) is 45.6 Å². The molecule has 0 aromatic carbocycles. The number of ether oxygens (including phenoxy) is 1. The Bertz CT molecular complexity index is 684. The number of halogens is 1. The molecule has 0 rings (SSSR count). The Balaban J connectivity index is 4.59. The molecule has 0 spiro atoms. The lowest BCUT2D eigenvalue weighted by molar-refractivity contribution is -0.137. The maximum absolute atomic E-state index is 11.3. The lowest BCUT2D eigenvalue weighted by Crippen LogP contribution is -2.47. The Kier molecular flexibility index (Phi) is 15.0. The summed E-state index contributed by atoms with van der Waals surface area (Å²) in [6.07, 6.45) is 16.3. The minimum absolute atomic E-state index is 0.206. The molecule has 0 amide bonds. The van der Waals surface area contributed by atoms with Crippen molar-refractivity contribution in [1.82, 2.24) is 0 Å². The average Bonchev–Trinajstić information content (AvgIpc) is 2.64. The highest BCUT2D eigenvalue weighted by Gasteiger charge is 2.41. The van der Waals surface area contributed by atoms with Crippen molar-refractivity contribution in [3.05, 3.63) is 45.6 Å². The summed E-state index contributed by atoms with van der Waals surface area (Å²) in [6, 6.07) is 0. The Morgan fingerprint density at radius 2 is 1.53 bits per heavy atom. The number of allylic oxidation sites excluding steroid dienone is 5. The summed E-state index contributed by atoms with van der Waals surface area (Å²) in [6.45, 7) is 20.4. The smallest absolute Gasteiger partial charge is 0.330 e. The van der Waals surface area contributed by atoms with E-state index in [0.29, 0.717) is 6.61 Å². The second-order valence-corrected chi connectivity index (χ2v) is 15.8. The van der Waals surface area contributed by atoms with E-state index in [1.54, 1.807) is 0 Å². The molecule has 1 unspecified atom stereocenters. The summed E-state index contributed by atoms with van der Waals surface area (Å²) in [4.78, 5) is 11.3. The third-order valence-corrected chi connectivity index (χ3v) is 11.1. The Hall–Kier alpha value is -0.663. The van der Waals surface area contributed by atoms with Crippen LogP contribution in [-0.4, -0.2) is 26.5 Å². The van der Waals surface area contributed by atoms with Gasteiger partial charge >= 0.3 is 5.97 Å². The van der Waals surface area contributed by atoms with Crippen molar-refractivity contribution in [2.75, 3.05) is 6.61 Å². The van der Waals surface area contributed by atoms with Gasteiger partial charge in [0.05, 0.1) is 12.2 Å². The number of esters is 1. The van der Waals surface area contributed by atoms with Crippen LogP contribution in [0.2, 0.25) is 18.1 Å². The second-order valence-electron chi connectivity index (χ2n) is 10.3. The van der Waals surface area contributed by atoms with E-state index in [9.17, 15) is 4.79 Å². The minimum Gasteiger partial charge on any atom is -0.463 e. The fraction of sp³-hybridized carbons (Fsp3) is 0.667. The molecule has 5 heteroatoms. The highest BCUT2D eigenvalue weighted by molar-refractivity contribution is 14.1. The topological polar surface area (TPSA) is 35.5 Å². The molecule has 0 saturated carbocycles. The fourth-order valence-electron chi connectivity index (χ4n) is 3.07. The summed E-state index contributed by atoms with van der Waals surface area (Å²) in [7, 11) is -1.83. The monoisotopic (exact) mass is 574 g/mol. The summed E-state index contributed by atoms with van der Waals surface area (Å²) >= 11 is 2.30. The molecule has 0 N–H and O–H groups in total. The normalized spacial score (nSPS) is 16.1. The lowest BCUT2D eigenvalue weighted by Gasteiger charge is -2.43. The molecule has 184 valence electrons. The van der Waals surface area contributed by atoms with Crippen LogP contribution >= 0.6 is 22.6 Å². The van der Waals surface area contributed by atoms with Crippen LogP contribution in [0.3, 0.4) is 0 Å². The first-order valence-corrected chi connectivity index (χ1v) is 16.0. The van der Waals surface area contributed by atoms with E-state index in [2.05, 4.69) is 99.5 Å². The summed E-state index contributed by atoms with van der Waals surface area (Å²) in [5.41, 5.74) is 2.59. The van der Waals surface area contributed by atoms with E-state index in [1.165, 1.54) is 17.2 Å². The van der Waals surface area contributed by atoms with Gasteiger partial charge in [-0.3, -0.25) is 0 Å². The van der Waals surface area contributed by atoms with Gasteiger partial charge in [-0.05, 0) is 94.5 Å². The minimum atomic E-state index is -1.83. The maximum Gasteiger partial charge on any atom is 0.330 e. The molecule has 0 aromatic rings. The number of rotatable bonds is 14. The molecule has 0 aliphatic rings. The maximum atomic E-state index is 11.3. The van der Waals surface area contributed by atoms with E-state index < -0.39 is 8.32 Å². The van der Waals surface area contributed by atoms with Crippen LogP contribution in [0.5, 0.6) is 0 Å². The van der Waals surface area contributed by atoms with Gasteiger partial charge in [-0.15, -0.1) is 0 Å². The Morgan fingerprint density at radius 1 is 0.969 bits per heavy atom. The predicted octanol–water partition coefficient (Wildman–Crippen LogP) is 9.07. The van der Waals surface area contributed by atoms with Crippen molar-refractivity contribution in [2.24, 2.45) is 0 Å². The molecule has 0 aromatic heterocycles. The first-order valence-electron chi connectivity index (χ1n) is 11.9. The average molecular weight is 575 g/mol. The van der Waals surface area contributed by atoms with E-state index in [1.807, 2.05) is 13.0 Å². The fourth-order valence-corrected chi connectivity index (χ4v) is 5.48. The van der Waals surface area contributed by atoms with Gasteiger partial charge in [-0.25, -0.2) is 4.79 Å². The molecule has 0 aliphatic carbocycles. The zero-order chi connectivity index (χ0) is 24.8. The molecule has 32 heavy (non-hydrogen) atoms. The zero-order valence-corrected chi connectivity index (χ0v) is 25.2. The first-order chi connectivity index (χ1) is 14.8. The van der Waals surface area contributed by atoms with Gasteiger partial charge in [-0.2, -0.15) is 0 Å². The van der Waals surface area contributed by atoms with Crippen LogP contribution < -0.4 is 0 Å². The van der Waals surface area contributed by atoms with Gasteiger partial charge in [0.15, 0.2) is 8.32 Å². The third kappa shape index (κ3) is 13.8. The lowest BCUT2D eigenvalue weighted by atomic mass is 9.99. The number of hydrogen-bond acceptors (Lipinski definition) is 3. The van der Waals surface area contributed by atoms with Gasteiger partial charge < -0.3 is 9.16 Å². The van der Waals surface area contributed by atoms with E-state index >= 15 is 0 Å². The standard InChI is InChI=1S/C27H47IO3Si/c1-10-30-25(29)19-12-11-15-23(2)16-13-17-24(3)18-14-20-27(7,21-22-28)31-32(8,9)26(4,5)6/h12,16,18-19,21-22H,10-11,13-15,17,20H2,1-9H3/b19-12-,22-21+,23-16+,24-18+. The van der Waals surface area contributed by atoms with E-state index in [-0.39, 0.29) is 16.6 Å². The van der Waals surface area contributed by atoms with E-state index in [0.717, 1.165) is 38.5 Å². The number of carbonyl (C=O) groups excluding carboxylic acids is 1. The largest absolute Gasteiger partial charge is 0.463 e. The zero-order valence-electron chi connectivity index (χ0n) is 22.0. The van der Waals surface area contributed by atoms with Crippen molar-refractivity contribution in [1.29, 1.82) is 0 Å². The molecule has 0 saturated heterocycles. The van der Waals surface area contributed by atoms with Gasteiger partial charge in [0.1, 0.15) is 0 Å². The van der Waals surface area contributed by atoms with Crippen LogP contribution in [0, 0.1) is 0 Å². The van der Waals surface area contributed by atoms with Crippen LogP contribution in [0.4, 0.5) is 0 Å². The second kappa shape index (κ2) is 15.3. The van der Waals surface area contributed by atoms with Gasteiger partial charge in [0, 0.05) is 6.08 Å². The third-order valence-electron chi connectivity index (χ3n) is 6.12. The van der Waals surface area contributed by atoms with Gasteiger partial charge in [-0.1, -0.05) is 72.7 Å². The predicted molar refractivity (Wildman–Crippen MR) is 151 cm³/mol. The summed E-state index contributed by atoms with van der Waals surface area (Å²) < 4.78 is 13.8. The van der Waals surface area contributed by atoms with E-state index in [4.69, 9.17) is 9.16 Å². The molecule has 3 nitrogen and oxygen atoms in total.